The lowest BCUT2D eigenvalue weighted by molar-refractivity contribution is 0.0525. The number of rotatable bonds is 6. The lowest BCUT2D eigenvalue weighted by atomic mass is 10.1. The van der Waals surface area contributed by atoms with Gasteiger partial charge in [-0.2, -0.15) is 0 Å². The average Bonchev–Trinajstić information content (AvgIpc) is 2.46. The van der Waals surface area contributed by atoms with Crippen LogP contribution in [0.3, 0.4) is 0 Å². The van der Waals surface area contributed by atoms with Crippen LogP contribution < -0.4 is 10.2 Å². The molecule has 19 heavy (non-hydrogen) atoms. The van der Waals surface area contributed by atoms with Crippen LogP contribution in [0.1, 0.15) is 32.3 Å². The lowest BCUT2D eigenvalue weighted by Crippen LogP contribution is -2.40. The van der Waals surface area contributed by atoms with Crippen molar-refractivity contribution in [2.75, 3.05) is 31.1 Å². The summed E-state index contributed by atoms with van der Waals surface area (Å²) in [7, 11) is 0. The number of aromatic nitrogens is 1. The molecule has 0 saturated carbocycles. The van der Waals surface area contributed by atoms with E-state index in [1.54, 1.807) is 0 Å². The van der Waals surface area contributed by atoms with Crippen LogP contribution in [0.4, 0.5) is 5.82 Å². The molecule has 1 fully saturated rings. The van der Waals surface area contributed by atoms with Gasteiger partial charge in [0.25, 0.3) is 0 Å². The molecule has 4 nitrogen and oxygen atoms in total. The van der Waals surface area contributed by atoms with Crippen LogP contribution >= 0.6 is 0 Å². The lowest BCUT2D eigenvalue weighted by Gasteiger charge is -2.33. The van der Waals surface area contributed by atoms with Gasteiger partial charge in [0, 0.05) is 32.4 Å². The quantitative estimate of drug-likeness (QED) is 0.854. The van der Waals surface area contributed by atoms with Crippen molar-refractivity contribution in [1.82, 2.24) is 10.3 Å². The Morgan fingerprint density at radius 3 is 3.16 bits per heavy atom. The fourth-order valence-corrected chi connectivity index (χ4v) is 2.53. The van der Waals surface area contributed by atoms with Gasteiger partial charge < -0.3 is 15.0 Å². The molecule has 1 unspecified atom stereocenters. The van der Waals surface area contributed by atoms with Crippen molar-refractivity contribution in [2.45, 2.75) is 39.3 Å². The van der Waals surface area contributed by atoms with Gasteiger partial charge in [-0.3, -0.25) is 0 Å². The average molecular weight is 263 g/mol. The van der Waals surface area contributed by atoms with Crippen molar-refractivity contribution < 1.29 is 4.74 Å². The summed E-state index contributed by atoms with van der Waals surface area (Å²) in [4.78, 5) is 6.85. The number of anilines is 1. The normalized spacial score (nSPS) is 19.7. The van der Waals surface area contributed by atoms with Gasteiger partial charge >= 0.3 is 0 Å². The first-order valence-electron chi connectivity index (χ1n) is 7.35. The van der Waals surface area contributed by atoms with E-state index < -0.39 is 0 Å². The Kier molecular flexibility index (Phi) is 5.61. The molecule has 0 aliphatic carbocycles. The Morgan fingerprint density at radius 2 is 2.37 bits per heavy atom. The summed E-state index contributed by atoms with van der Waals surface area (Å²) in [6, 6.07) is 4.27. The number of ether oxygens (including phenoxy) is 1. The van der Waals surface area contributed by atoms with Gasteiger partial charge in [-0.25, -0.2) is 4.98 Å². The fraction of sp³-hybridized carbons (Fsp3) is 0.667. The highest BCUT2D eigenvalue weighted by Gasteiger charge is 2.21. The standard InChI is InChI=1S/C15H25N3O/c1-3-16-11-13-7-8-17-15(10-13)18-9-5-6-14(12-18)19-4-2/h7-8,10,14,16H,3-6,9,11-12H2,1-2H3. The van der Waals surface area contributed by atoms with E-state index in [4.69, 9.17) is 4.74 Å². The maximum Gasteiger partial charge on any atom is 0.128 e. The number of hydrogen-bond donors (Lipinski definition) is 1. The Bertz CT molecular complexity index is 381. The molecule has 106 valence electrons. The molecule has 0 radical (unpaired) electrons. The highest BCUT2D eigenvalue weighted by molar-refractivity contribution is 5.41. The van der Waals surface area contributed by atoms with E-state index in [1.165, 1.54) is 18.4 Å². The predicted octanol–water partition coefficient (Wildman–Crippen LogP) is 2.20. The number of nitrogens with zero attached hydrogens (tertiary/aromatic N) is 2. The van der Waals surface area contributed by atoms with Crippen molar-refractivity contribution in [2.24, 2.45) is 0 Å². The summed E-state index contributed by atoms with van der Waals surface area (Å²) in [5, 5.41) is 3.35. The van der Waals surface area contributed by atoms with Gasteiger partial charge in [-0.05, 0) is 44.0 Å². The summed E-state index contributed by atoms with van der Waals surface area (Å²) in [6.45, 7) is 8.94. The molecular formula is C15H25N3O. The minimum absolute atomic E-state index is 0.359. The molecule has 0 amide bonds. The summed E-state index contributed by atoms with van der Waals surface area (Å²) in [6.07, 6.45) is 4.62. The number of piperidine rings is 1. The van der Waals surface area contributed by atoms with Crippen LogP contribution in [0, 0.1) is 0 Å². The van der Waals surface area contributed by atoms with Gasteiger partial charge in [-0.15, -0.1) is 0 Å². The zero-order valence-corrected chi connectivity index (χ0v) is 12.1. The van der Waals surface area contributed by atoms with Gasteiger partial charge in [0.15, 0.2) is 0 Å². The molecule has 1 aromatic rings. The molecule has 0 spiro atoms. The van der Waals surface area contributed by atoms with Gasteiger partial charge in [-0.1, -0.05) is 6.92 Å². The van der Waals surface area contributed by atoms with Crippen molar-refractivity contribution in [3.8, 4) is 0 Å². The van der Waals surface area contributed by atoms with E-state index in [-0.39, 0.29) is 0 Å². The molecular weight excluding hydrogens is 238 g/mol. The third-order valence-corrected chi connectivity index (χ3v) is 3.49. The van der Waals surface area contributed by atoms with Crippen molar-refractivity contribution >= 4 is 5.82 Å². The maximum absolute atomic E-state index is 5.75. The fourth-order valence-electron chi connectivity index (χ4n) is 2.53. The molecule has 1 aromatic heterocycles. The van der Waals surface area contributed by atoms with E-state index >= 15 is 0 Å². The topological polar surface area (TPSA) is 37.4 Å². The minimum atomic E-state index is 0.359. The molecule has 1 saturated heterocycles. The van der Waals surface area contributed by atoms with Crippen molar-refractivity contribution in [1.29, 1.82) is 0 Å². The summed E-state index contributed by atoms with van der Waals surface area (Å²) >= 11 is 0. The van der Waals surface area contributed by atoms with Crippen LogP contribution in [-0.2, 0) is 11.3 Å². The van der Waals surface area contributed by atoms with Crippen LogP contribution in [0.15, 0.2) is 18.3 Å². The third kappa shape index (κ3) is 4.18. The Morgan fingerprint density at radius 1 is 1.47 bits per heavy atom. The Balaban J connectivity index is 1.99. The van der Waals surface area contributed by atoms with E-state index in [2.05, 4.69) is 41.2 Å². The monoisotopic (exact) mass is 263 g/mol. The smallest absolute Gasteiger partial charge is 0.128 e. The van der Waals surface area contributed by atoms with Gasteiger partial charge in [0.1, 0.15) is 5.82 Å². The zero-order chi connectivity index (χ0) is 13.5. The Hall–Kier alpha value is -1.13. The zero-order valence-electron chi connectivity index (χ0n) is 12.1. The molecule has 0 aromatic carbocycles. The third-order valence-electron chi connectivity index (χ3n) is 3.49. The van der Waals surface area contributed by atoms with Crippen LogP contribution in [0.2, 0.25) is 0 Å². The first kappa shape index (κ1) is 14.3. The summed E-state index contributed by atoms with van der Waals surface area (Å²) in [5.74, 6) is 1.08. The van der Waals surface area contributed by atoms with E-state index in [0.717, 1.165) is 38.6 Å². The van der Waals surface area contributed by atoms with Gasteiger partial charge in [0.2, 0.25) is 0 Å². The second kappa shape index (κ2) is 7.46. The summed E-state index contributed by atoms with van der Waals surface area (Å²) in [5.41, 5.74) is 1.30. The second-order valence-corrected chi connectivity index (χ2v) is 4.97. The number of nitrogens with one attached hydrogen (secondary N) is 1. The maximum atomic E-state index is 5.75. The Labute approximate surface area is 116 Å². The molecule has 4 heteroatoms. The molecule has 1 atom stereocenters. The SMILES string of the molecule is CCNCc1ccnc(N2CCCC(OCC)C2)c1. The van der Waals surface area contributed by atoms with Crippen molar-refractivity contribution in [3.63, 3.8) is 0 Å². The molecule has 2 rings (SSSR count). The largest absolute Gasteiger partial charge is 0.377 e. The molecule has 2 heterocycles. The second-order valence-electron chi connectivity index (χ2n) is 4.97. The molecule has 1 aliphatic heterocycles. The van der Waals surface area contributed by atoms with E-state index in [0.29, 0.717) is 6.10 Å². The summed E-state index contributed by atoms with van der Waals surface area (Å²) < 4.78 is 5.75. The number of pyridine rings is 1. The first-order chi connectivity index (χ1) is 9.33. The number of hydrogen-bond acceptors (Lipinski definition) is 4. The van der Waals surface area contributed by atoms with Crippen LogP contribution in [0.5, 0.6) is 0 Å². The van der Waals surface area contributed by atoms with Crippen molar-refractivity contribution in [3.05, 3.63) is 23.9 Å². The predicted molar refractivity (Wildman–Crippen MR) is 78.5 cm³/mol. The minimum Gasteiger partial charge on any atom is -0.377 e. The van der Waals surface area contributed by atoms with Crippen LogP contribution in [0.25, 0.3) is 0 Å². The molecule has 0 bridgehead atoms. The molecule has 1 N–H and O–H groups in total. The van der Waals surface area contributed by atoms with E-state index in [1.807, 2.05) is 6.20 Å². The first-order valence-corrected chi connectivity index (χ1v) is 7.35. The highest BCUT2D eigenvalue weighted by atomic mass is 16.5. The van der Waals surface area contributed by atoms with E-state index in [9.17, 15) is 0 Å². The highest BCUT2D eigenvalue weighted by Crippen LogP contribution is 2.20. The van der Waals surface area contributed by atoms with Gasteiger partial charge in [0.05, 0.1) is 6.10 Å². The molecule has 1 aliphatic rings. The van der Waals surface area contributed by atoms with Crippen LogP contribution in [-0.4, -0.2) is 37.3 Å².